The largest absolute Gasteiger partial charge is 0.496 e. The van der Waals surface area contributed by atoms with Crippen LogP contribution in [0.3, 0.4) is 0 Å². The molecule has 0 aromatic heterocycles. The van der Waals surface area contributed by atoms with E-state index in [0.717, 1.165) is 51.2 Å². The third-order valence-corrected chi connectivity index (χ3v) is 3.93. The number of nitrogens with one attached hydrogen (secondary N) is 2. The van der Waals surface area contributed by atoms with Gasteiger partial charge in [-0.05, 0) is 58.2 Å². The molecule has 1 aromatic carbocycles. The van der Waals surface area contributed by atoms with Crippen molar-refractivity contribution in [2.75, 3.05) is 33.3 Å². The number of para-hydroxylation sites is 1. The van der Waals surface area contributed by atoms with Crippen LogP contribution in [0.25, 0.3) is 0 Å². The van der Waals surface area contributed by atoms with Crippen LogP contribution in [-0.2, 0) is 6.42 Å². The summed E-state index contributed by atoms with van der Waals surface area (Å²) >= 11 is 0. The van der Waals surface area contributed by atoms with Crippen molar-refractivity contribution in [2.24, 2.45) is 0 Å². The van der Waals surface area contributed by atoms with Crippen LogP contribution in [0.15, 0.2) is 47.6 Å². The van der Waals surface area contributed by atoms with Crippen LogP contribution in [0.5, 0.6) is 5.75 Å². The van der Waals surface area contributed by atoms with Crippen LogP contribution in [-0.4, -0.2) is 33.3 Å². The molecule has 0 atom stereocenters. The minimum atomic E-state index is 0.953. The summed E-state index contributed by atoms with van der Waals surface area (Å²) in [5, 5.41) is 6.93. The van der Waals surface area contributed by atoms with E-state index < -0.39 is 0 Å². The standard InChI is InChI=1S/C21H34N2O/c1-18(2)8-7-9-19(3)12-14-22-16-17-23-15-13-20-10-5-6-11-21(20)24-4/h5-6,8,10-12,22-23H,7,9,13-17H2,1-4H3/b19-12+. The quantitative estimate of drug-likeness (QED) is 0.447. The van der Waals surface area contributed by atoms with Crippen LogP contribution >= 0.6 is 0 Å². The van der Waals surface area contributed by atoms with E-state index in [2.05, 4.69) is 55.7 Å². The van der Waals surface area contributed by atoms with E-state index in [0.29, 0.717) is 0 Å². The third-order valence-electron chi connectivity index (χ3n) is 3.93. The Kier molecular flexibility index (Phi) is 10.9. The lowest BCUT2D eigenvalue weighted by atomic mass is 10.1. The number of hydrogen-bond acceptors (Lipinski definition) is 3. The van der Waals surface area contributed by atoms with E-state index >= 15 is 0 Å². The lowest BCUT2D eigenvalue weighted by Gasteiger charge is -2.09. The number of rotatable bonds is 12. The van der Waals surface area contributed by atoms with Crippen molar-refractivity contribution in [1.82, 2.24) is 10.6 Å². The molecule has 3 heteroatoms. The molecule has 134 valence electrons. The van der Waals surface area contributed by atoms with E-state index in [9.17, 15) is 0 Å². The van der Waals surface area contributed by atoms with E-state index in [1.807, 2.05) is 12.1 Å². The zero-order valence-electron chi connectivity index (χ0n) is 15.8. The maximum Gasteiger partial charge on any atom is 0.122 e. The summed E-state index contributed by atoms with van der Waals surface area (Å²) in [6, 6.07) is 8.21. The van der Waals surface area contributed by atoms with E-state index in [-0.39, 0.29) is 0 Å². The summed E-state index contributed by atoms with van der Waals surface area (Å²) in [6.45, 7) is 10.4. The van der Waals surface area contributed by atoms with Gasteiger partial charge in [0.25, 0.3) is 0 Å². The molecule has 24 heavy (non-hydrogen) atoms. The van der Waals surface area contributed by atoms with Crippen molar-refractivity contribution in [3.63, 3.8) is 0 Å². The van der Waals surface area contributed by atoms with Crippen LogP contribution < -0.4 is 15.4 Å². The normalized spacial score (nSPS) is 11.4. The first-order valence-corrected chi connectivity index (χ1v) is 8.95. The van der Waals surface area contributed by atoms with Crippen molar-refractivity contribution in [1.29, 1.82) is 0 Å². The first kappa shape index (κ1) is 20.5. The molecule has 0 aliphatic rings. The fourth-order valence-electron chi connectivity index (χ4n) is 2.47. The van der Waals surface area contributed by atoms with Crippen molar-refractivity contribution in [3.05, 3.63) is 53.1 Å². The molecule has 0 unspecified atom stereocenters. The lowest BCUT2D eigenvalue weighted by Crippen LogP contribution is -2.28. The Hall–Kier alpha value is -1.58. The van der Waals surface area contributed by atoms with Crippen LogP contribution in [0.2, 0.25) is 0 Å². The smallest absolute Gasteiger partial charge is 0.122 e. The average molecular weight is 331 g/mol. The SMILES string of the molecule is COc1ccccc1CCNCCNC/C=C(\C)CCC=C(C)C. The monoisotopic (exact) mass is 330 g/mol. The summed E-state index contributed by atoms with van der Waals surface area (Å²) in [5.74, 6) is 0.978. The average Bonchev–Trinajstić information content (AvgIpc) is 2.57. The van der Waals surface area contributed by atoms with Crippen LogP contribution in [0.1, 0.15) is 39.2 Å². The van der Waals surface area contributed by atoms with Gasteiger partial charge in [-0.2, -0.15) is 0 Å². The van der Waals surface area contributed by atoms with Crippen molar-refractivity contribution in [3.8, 4) is 5.75 Å². The van der Waals surface area contributed by atoms with Gasteiger partial charge in [0.15, 0.2) is 0 Å². The van der Waals surface area contributed by atoms with Gasteiger partial charge in [-0.1, -0.05) is 41.5 Å². The van der Waals surface area contributed by atoms with Gasteiger partial charge in [0.05, 0.1) is 7.11 Å². The van der Waals surface area contributed by atoms with Crippen molar-refractivity contribution >= 4 is 0 Å². The number of ether oxygens (including phenoxy) is 1. The van der Waals surface area contributed by atoms with E-state index in [1.54, 1.807) is 7.11 Å². The molecule has 1 aromatic rings. The molecule has 2 N–H and O–H groups in total. The topological polar surface area (TPSA) is 33.3 Å². The Bertz CT molecular complexity index is 516. The molecule has 3 nitrogen and oxygen atoms in total. The van der Waals surface area contributed by atoms with Crippen molar-refractivity contribution < 1.29 is 4.74 Å². The van der Waals surface area contributed by atoms with Gasteiger partial charge in [-0.15, -0.1) is 0 Å². The molecule has 0 saturated heterocycles. The maximum absolute atomic E-state index is 5.37. The molecule has 0 aliphatic heterocycles. The molecule has 0 saturated carbocycles. The van der Waals surface area contributed by atoms with Gasteiger partial charge in [0, 0.05) is 19.6 Å². The van der Waals surface area contributed by atoms with Crippen LogP contribution in [0.4, 0.5) is 0 Å². The van der Waals surface area contributed by atoms with Crippen molar-refractivity contribution in [2.45, 2.75) is 40.0 Å². The van der Waals surface area contributed by atoms with Gasteiger partial charge in [-0.25, -0.2) is 0 Å². The van der Waals surface area contributed by atoms with Gasteiger partial charge in [-0.3, -0.25) is 0 Å². The maximum atomic E-state index is 5.37. The second-order valence-electron chi connectivity index (χ2n) is 6.39. The Morgan fingerprint density at radius 3 is 2.50 bits per heavy atom. The predicted octanol–water partition coefficient (Wildman–Crippen LogP) is 4.11. The summed E-state index contributed by atoms with van der Waals surface area (Å²) in [6.07, 6.45) is 7.90. The summed E-state index contributed by atoms with van der Waals surface area (Å²) in [7, 11) is 1.73. The van der Waals surface area contributed by atoms with E-state index in [1.165, 1.54) is 16.7 Å². The number of methoxy groups -OCH3 is 1. The zero-order valence-corrected chi connectivity index (χ0v) is 15.8. The molecule has 0 heterocycles. The number of benzene rings is 1. The molecular weight excluding hydrogens is 296 g/mol. The predicted molar refractivity (Wildman–Crippen MR) is 105 cm³/mol. The molecule has 0 radical (unpaired) electrons. The fourth-order valence-corrected chi connectivity index (χ4v) is 2.47. The van der Waals surface area contributed by atoms with E-state index in [4.69, 9.17) is 4.74 Å². The molecule has 0 amide bonds. The molecule has 0 bridgehead atoms. The molecule has 1 rings (SSSR count). The summed E-state index contributed by atoms with van der Waals surface area (Å²) < 4.78 is 5.37. The molecule has 0 aliphatic carbocycles. The minimum Gasteiger partial charge on any atom is -0.496 e. The van der Waals surface area contributed by atoms with Crippen LogP contribution in [0, 0.1) is 0 Å². The second kappa shape index (κ2) is 12.8. The number of allylic oxidation sites excluding steroid dienone is 3. The minimum absolute atomic E-state index is 0.953. The van der Waals surface area contributed by atoms with Gasteiger partial charge in [0.1, 0.15) is 5.75 Å². The zero-order chi connectivity index (χ0) is 17.6. The Labute approximate surface area is 148 Å². The first-order chi connectivity index (χ1) is 11.6. The van der Waals surface area contributed by atoms with Gasteiger partial charge in [0.2, 0.25) is 0 Å². The summed E-state index contributed by atoms with van der Waals surface area (Å²) in [5.41, 5.74) is 4.12. The van der Waals surface area contributed by atoms with Gasteiger partial charge >= 0.3 is 0 Å². The highest BCUT2D eigenvalue weighted by Crippen LogP contribution is 2.17. The Morgan fingerprint density at radius 1 is 1.00 bits per heavy atom. The Morgan fingerprint density at radius 2 is 1.75 bits per heavy atom. The Balaban J connectivity index is 2.05. The highest BCUT2D eigenvalue weighted by atomic mass is 16.5. The lowest BCUT2D eigenvalue weighted by molar-refractivity contribution is 0.409. The summed E-state index contributed by atoms with van der Waals surface area (Å²) in [4.78, 5) is 0. The first-order valence-electron chi connectivity index (χ1n) is 8.95. The highest BCUT2D eigenvalue weighted by molar-refractivity contribution is 5.33. The molecule has 0 fully saturated rings. The molecular formula is C21H34N2O. The second-order valence-corrected chi connectivity index (χ2v) is 6.39. The van der Waals surface area contributed by atoms with Gasteiger partial charge < -0.3 is 15.4 Å². The fraction of sp³-hybridized carbons (Fsp3) is 0.524. The third kappa shape index (κ3) is 9.53. The number of hydrogen-bond donors (Lipinski definition) is 2. The highest BCUT2D eigenvalue weighted by Gasteiger charge is 2.00. The molecule has 0 spiro atoms.